The van der Waals surface area contributed by atoms with E-state index in [1.807, 2.05) is 13.8 Å². The Hall–Kier alpha value is -1.92. The zero-order chi connectivity index (χ0) is 15.3. The summed E-state index contributed by atoms with van der Waals surface area (Å²) in [5.74, 6) is -0.308. The lowest BCUT2D eigenvalue weighted by molar-refractivity contribution is -0.128. The van der Waals surface area contributed by atoms with E-state index in [1.54, 1.807) is 23.7 Å². The molecule has 1 rings (SSSR count). The minimum Gasteiger partial charge on any atom is -0.464 e. The van der Waals surface area contributed by atoms with Gasteiger partial charge in [0.1, 0.15) is 0 Å². The molecule has 1 aromatic rings. The summed E-state index contributed by atoms with van der Waals surface area (Å²) in [7, 11) is 4.78. The molecule has 0 atom stereocenters. The predicted molar refractivity (Wildman–Crippen MR) is 73.4 cm³/mol. The second-order valence-corrected chi connectivity index (χ2v) is 5.08. The standard InChI is InChI=1S/C13H22N4O3/c1-9(2)12-11(13(19)20-5)14-15-17(12)8-6-7-10(18)16(3)4/h9H,6-8H2,1-5H3. The number of methoxy groups -OCH3 is 1. The van der Waals surface area contributed by atoms with E-state index in [0.29, 0.717) is 19.4 Å². The number of esters is 1. The van der Waals surface area contributed by atoms with E-state index >= 15 is 0 Å². The van der Waals surface area contributed by atoms with Gasteiger partial charge in [0.15, 0.2) is 5.69 Å². The fraction of sp³-hybridized carbons (Fsp3) is 0.692. The van der Waals surface area contributed by atoms with E-state index in [0.717, 1.165) is 5.69 Å². The third-order valence-corrected chi connectivity index (χ3v) is 2.96. The highest BCUT2D eigenvalue weighted by molar-refractivity contribution is 5.88. The van der Waals surface area contributed by atoms with Gasteiger partial charge in [0.25, 0.3) is 0 Å². The molecule has 7 nitrogen and oxygen atoms in total. The molecule has 0 unspecified atom stereocenters. The first kappa shape index (κ1) is 16.1. The molecule has 0 saturated heterocycles. The Morgan fingerprint density at radius 3 is 2.50 bits per heavy atom. The van der Waals surface area contributed by atoms with E-state index < -0.39 is 5.97 Å². The summed E-state index contributed by atoms with van der Waals surface area (Å²) in [6.07, 6.45) is 1.10. The maximum absolute atomic E-state index is 11.6. The zero-order valence-corrected chi connectivity index (χ0v) is 12.7. The average Bonchev–Trinajstić information content (AvgIpc) is 2.81. The van der Waals surface area contributed by atoms with Gasteiger partial charge in [-0.3, -0.25) is 4.79 Å². The Bertz CT molecular complexity index is 480. The van der Waals surface area contributed by atoms with Crippen molar-refractivity contribution in [1.82, 2.24) is 19.9 Å². The highest BCUT2D eigenvalue weighted by atomic mass is 16.5. The van der Waals surface area contributed by atoms with Gasteiger partial charge in [0.2, 0.25) is 5.91 Å². The number of amides is 1. The molecule has 1 amide bonds. The molecule has 0 spiro atoms. The van der Waals surface area contributed by atoms with Crippen molar-refractivity contribution in [1.29, 1.82) is 0 Å². The first-order valence-corrected chi connectivity index (χ1v) is 6.60. The topological polar surface area (TPSA) is 77.3 Å². The van der Waals surface area contributed by atoms with E-state index in [9.17, 15) is 9.59 Å². The van der Waals surface area contributed by atoms with Gasteiger partial charge >= 0.3 is 5.97 Å². The van der Waals surface area contributed by atoms with Gasteiger partial charge in [0.05, 0.1) is 12.8 Å². The Kier molecular flexibility index (Phi) is 5.66. The number of carbonyl (C=O) groups excluding carboxylic acids is 2. The van der Waals surface area contributed by atoms with Crippen LogP contribution in [0.2, 0.25) is 0 Å². The Morgan fingerprint density at radius 2 is 2.00 bits per heavy atom. The Labute approximate surface area is 118 Å². The normalized spacial score (nSPS) is 10.7. The minimum atomic E-state index is -0.482. The molecule has 7 heteroatoms. The highest BCUT2D eigenvalue weighted by Crippen LogP contribution is 2.18. The highest BCUT2D eigenvalue weighted by Gasteiger charge is 2.22. The number of carbonyl (C=O) groups is 2. The van der Waals surface area contributed by atoms with E-state index in [4.69, 9.17) is 4.74 Å². The van der Waals surface area contributed by atoms with Gasteiger partial charge < -0.3 is 9.64 Å². The van der Waals surface area contributed by atoms with Crippen molar-refractivity contribution in [3.05, 3.63) is 11.4 Å². The Morgan fingerprint density at radius 1 is 1.35 bits per heavy atom. The van der Waals surface area contributed by atoms with Gasteiger partial charge in [-0.25, -0.2) is 9.48 Å². The van der Waals surface area contributed by atoms with Gasteiger partial charge in [-0.2, -0.15) is 0 Å². The number of aromatic nitrogens is 3. The maximum atomic E-state index is 11.6. The molecule has 0 aliphatic rings. The van der Waals surface area contributed by atoms with Crippen molar-refractivity contribution in [3.8, 4) is 0 Å². The summed E-state index contributed by atoms with van der Waals surface area (Å²) >= 11 is 0. The van der Waals surface area contributed by atoms with Crippen LogP contribution in [-0.2, 0) is 16.1 Å². The van der Waals surface area contributed by atoms with Crippen LogP contribution in [0.4, 0.5) is 0 Å². The fourth-order valence-electron chi connectivity index (χ4n) is 1.90. The van der Waals surface area contributed by atoms with E-state index in [-0.39, 0.29) is 17.5 Å². The average molecular weight is 282 g/mol. The third-order valence-electron chi connectivity index (χ3n) is 2.96. The van der Waals surface area contributed by atoms with Crippen molar-refractivity contribution in [2.75, 3.05) is 21.2 Å². The van der Waals surface area contributed by atoms with E-state index in [2.05, 4.69) is 10.3 Å². The van der Waals surface area contributed by atoms with Gasteiger partial charge in [-0.05, 0) is 12.3 Å². The largest absolute Gasteiger partial charge is 0.464 e. The van der Waals surface area contributed by atoms with Crippen molar-refractivity contribution in [3.63, 3.8) is 0 Å². The molecule has 1 heterocycles. The van der Waals surface area contributed by atoms with Crippen LogP contribution < -0.4 is 0 Å². The molecule has 0 N–H and O–H groups in total. The summed E-state index contributed by atoms with van der Waals surface area (Å²) in [5, 5.41) is 7.87. The number of rotatable bonds is 6. The molecule has 0 aliphatic heterocycles. The van der Waals surface area contributed by atoms with Crippen LogP contribution in [0.1, 0.15) is 48.8 Å². The molecule has 112 valence electrons. The molecule has 0 fully saturated rings. The summed E-state index contributed by atoms with van der Waals surface area (Å²) in [5.41, 5.74) is 0.996. The molecule has 0 aromatic carbocycles. The lowest BCUT2D eigenvalue weighted by Crippen LogP contribution is -2.22. The van der Waals surface area contributed by atoms with E-state index in [1.165, 1.54) is 7.11 Å². The monoisotopic (exact) mass is 282 g/mol. The fourth-order valence-corrected chi connectivity index (χ4v) is 1.90. The third kappa shape index (κ3) is 3.79. The van der Waals surface area contributed by atoms with Crippen LogP contribution in [0.25, 0.3) is 0 Å². The Balaban J connectivity index is 2.78. The summed E-state index contributed by atoms with van der Waals surface area (Å²) in [6.45, 7) is 4.48. The smallest absolute Gasteiger partial charge is 0.360 e. The molecule has 1 aromatic heterocycles. The molecule has 20 heavy (non-hydrogen) atoms. The molecular formula is C13H22N4O3. The number of hydrogen-bond donors (Lipinski definition) is 0. The minimum absolute atomic E-state index is 0.0735. The van der Waals surface area contributed by atoms with Crippen molar-refractivity contribution in [2.24, 2.45) is 0 Å². The van der Waals surface area contributed by atoms with Crippen molar-refractivity contribution < 1.29 is 14.3 Å². The van der Waals surface area contributed by atoms with Gasteiger partial charge in [0, 0.05) is 27.1 Å². The quantitative estimate of drug-likeness (QED) is 0.729. The zero-order valence-electron chi connectivity index (χ0n) is 12.7. The van der Waals surface area contributed by atoms with Crippen LogP contribution in [0.15, 0.2) is 0 Å². The molecule has 0 saturated carbocycles. The summed E-state index contributed by atoms with van der Waals surface area (Å²) in [6, 6.07) is 0. The number of aryl methyl sites for hydroxylation is 1. The first-order chi connectivity index (χ1) is 9.38. The van der Waals surface area contributed by atoms with Gasteiger partial charge in [-0.15, -0.1) is 5.10 Å². The molecule has 0 aliphatic carbocycles. The van der Waals surface area contributed by atoms with Crippen molar-refractivity contribution >= 4 is 11.9 Å². The van der Waals surface area contributed by atoms with Crippen LogP contribution in [0.5, 0.6) is 0 Å². The predicted octanol–water partition coefficient (Wildman–Crippen LogP) is 1.06. The van der Waals surface area contributed by atoms with Gasteiger partial charge in [-0.1, -0.05) is 19.1 Å². The lowest BCUT2D eigenvalue weighted by Gasteiger charge is -2.12. The second-order valence-electron chi connectivity index (χ2n) is 5.08. The molecule has 0 radical (unpaired) electrons. The second kappa shape index (κ2) is 7.02. The van der Waals surface area contributed by atoms with Crippen LogP contribution in [0.3, 0.4) is 0 Å². The SMILES string of the molecule is COC(=O)c1nnn(CCCC(=O)N(C)C)c1C(C)C. The summed E-state index contributed by atoms with van der Waals surface area (Å²) < 4.78 is 6.38. The van der Waals surface area contributed by atoms with Crippen molar-refractivity contribution in [2.45, 2.75) is 39.2 Å². The lowest BCUT2D eigenvalue weighted by atomic mass is 10.1. The number of ether oxygens (including phenoxy) is 1. The molecule has 0 bridgehead atoms. The van der Waals surface area contributed by atoms with Crippen LogP contribution in [-0.4, -0.2) is 53.0 Å². The number of hydrogen-bond acceptors (Lipinski definition) is 5. The first-order valence-electron chi connectivity index (χ1n) is 6.60. The number of nitrogens with zero attached hydrogens (tertiary/aromatic N) is 4. The maximum Gasteiger partial charge on any atom is 0.360 e. The molecular weight excluding hydrogens is 260 g/mol. The van der Waals surface area contributed by atoms with Crippen LogP contribution >= 0.6 is 0 Å². The summed E-state index contributed by atoms with van der Waals surface area (Å²) in [4.78, 5) is 24.7. The van der Waals surface area contributed by atoms with Crippen LogP contribution in [0, 0.1) is 0 Å².